The smallest absolute Gasteiger partial charge is 0.244 e. The highest BCUT2D eigenvalue weighted by Crippen LogP contribution is 2.23. The maximum Gasteiger partial charge on any atom is 0.244 e. The topological polar surface area (TPSA) is 92.3 Å². The quantitative estimate of drug-likeness (QED) is 0.872. The Bertz CT molecular complexity index is 569. The number of hydrogen-bond acceptors (Lipinski definition) is 6. The minimum atomic E-state index is -3.35. The van der Waals surface area contributed by atoms with E-state index >= 15 is 0 Å². The summed E-state index contributed by atoms with van der Waals surface area (Å²) in [5, 5.41) is 11.7. The summed E-state index contributed by atoms with van der Waals surface area (Å²) < 4.78 is 24.4. The second-order valence-electron chi connectivity index (χ2n) is 4.38. The van der Waals surface area contributed by atoms with Crippen molar-refractivity contribution in [2.24, 2.45) is 0 Å². The molecule has 0 aliphatic carbocycles. The number of hydrogen-bond donors (Lipinski definition) is 1. The van der Waals surface area contributed by atoms with Gasteiger partial charge < -0.3 is 0 Å². The molecule has 7 nitrogen and oxygen atoms in total. The summed E-state index contributed by atoms with van der Waals surface area (Å²) in [6, 6.07) is -0.635. The van der Waals surface area contributed by atoms with Crippen LogP contribution in [0.1, 0.15) is 24.8 Å². The zero-order valence-corrected chi connectivity index (χ0v) is 12.4. The second kappa shape index (κ2) is 5.51. The van der Waals surface area contributed by atoms with E-state index in [1.54, 1.807) is 0 Å². The lowest BCUT2D eigenvalue weighted by Gasteiger charge is -2.20. The molecule has 0 saturated carbocycles. The summed E-state index contributed by atoms with van der Waals surface area (Å²) in [5.74, 6) is -0.332. The third-order valence-corrected chi connectivity index (χ3v) is 5.20. The Morgan fingerprint density at radius 2 is 2.26 bits per heavy atom. The monoisotopic (exact) mass is 304 g/mol. The van der Waals surface area contributed by atoms with Gasteiger partial charge in [-0.05, 0) is 19.3 Å². The molecule has 2 heterocycles. The van der Waals surface area contributed by atoms with Crippen LogP contribution in [0.15, 0.2) is 0 Å². The van der Waals surface area contributed by atoms with Crippen molar-refractivity contribution in [2.75, 3.05) is 18.1 Å². The number of aromatic nitrogens is 2. The Morgan fingerprint density at radius 1 is 1.53 bits per heavy atom. The molecule has 0 bridgehead atoms. The van der Waals surface area contributed by atoms with Crippen LogP contribution in [-0.4, -0.2) is 47.7 Å². The van der Waals surface area contributed by atoms with Crippen LogP contribution in [0.2, 0.25) is 0 Å². The van der Waals surface area contributed by atoms with Crippen molar-refractivity contribution in [2.45, 2.75) is 32.2 Å². The van der Waals surface area contributed by atoms with Crippen LogP contribution in [-0.2, 0) is 21.2 Å². The summed E-state index contributed by atoms with van der Waals surface area (Å²) in [6.07, 6.45) is 3.12. The molecule has 0 spiro atoms. The molecule has 106 valence electrons. The molecule has 1 atom stereocenters. The first-order valence-electron chi connectivity index (χ1n) is 6.02. The molecule has 1 aliphatic rings. The molecule has 1 aromatic heterocycles. The van der Waals surface area contributed by atoms with E-state index < -0.39 is 16.1 Å². The Kier molecular flexibility index (Phi) is 4.16. The molecule has 1 fully saturated rings. The van der Waals surface area contributed by atoms with Crippen molar-refractivity contribution < 1.29 is 13.2 Å². The second-order valence-corrected chi connectivity index (χ2v) is 7.37. The van der Waals surface area contributed by atoms with E-state index in [4.69, 9.17) is 0 Å². The number of anilines is 1. The van der Waals surface area contributed by atoms with Crippen LogP contribution in [0.3, 0.4) is 0 Å². The fraction of sp³-hybridized carbons (Fsp3) is 0.700. The summed E-state index contributed by atoms with van der Waals surface area (Å²) in [4.78, 5) is 12.1. The fourth-order valence-electron chi connectivity index (χ4n) is 2.03. The van der Waals surface area contributed by atoms with E-state index in [-0.39, 0.29) is 5.91 Å². The highest BCUT2D eigenvalue weighted by atomic mass is 32.2. The predicted octanol–water partition coefficient (Wildman–Crippen LogP) is 0.463. The van der Waals surface area contributed by atoms with Crippen molar-refractivity contribution in [1.82, 2.24) is 14.5 Å². The van der Waals surface area contributed by atoms with Crippen molar-refractivity contribution in [3.8, 4) is 0 Å². The van der Waals surface area contributed by atoms with E-state index in [2.05, 4.69) is 15.5 Å². The predicted molar refractivity (Wildman–Crippen MR) is 72.5 cm³/mol. The summed E-state index contributed by atoms with van der Waals surface area (Å²) in [6.45, 7) is 2.35. The van der Waals surface area contributed by atoms with Crippen molar-refractivity contribution in [1.29, 1.82) is 0 Å². The van der Waals surface area contributed by atoms with E-state index in [1.807, 2.05) is 6.92 Å². The fourth-order valence-corrected chi connectivity index (χ4v) is 3.84. The molecule has 2 rings (SSSR count). The number of sulfonamides is 1. The third-order valence-electron chi connectivity index (χ3n) is 2.93. The van der Waals surface area contributed by atoms with Gasteiger partial charge in [-0.15, -0.1) is 10.2 Å². The molecular formula is C10H16N4O3S2. The van der Waals surface area contributed by atoms with Crippen LogP contribution in [0.5, 0.6) is 0 Å². The third kappa shape index (κ3) is 3.28. The van der Waals surface area contributed by atoms with E-state index in [0.29, 0.717) is 24.5 Å². The molecule has 1 unspecified atom stereocenters. The molecule has 1 N–H and O–H groups in total. The zero-order chi connectivity index (χ0) is 14.0. The maximum absolute atomic E-state index is 12.1. The average Bonchev–Trinajstić information content (AvgIpc) is 2.95. The first-order valence-corrected chi connectivity index (χ1v) is 8.68. The number of carbonyl (C=O) groups excluding carboxylic acids is 1. The van der Waals surface area contributed by atoms with Gasteiger partial charge in [0.1, 0.15) is 11.0 Å². The Hall–Kier alpha value is -1.06. The SMILES string of the molecule is CCc1nnc(NC(=O)C2CCCN2S(C)(=O)=O)s1. The molecular weight excluding hydrogens is 288 g/mol. The van der Waals surface area contributed by atoms with Crippen LogP contribution in [0.25, 0.3) is 0 Å². The molecule has 1 saturated heterocycles. The van der Waals surface area contributed by atoms with Gasteiger partial charge in [0.15, 0.2) is 0 Å². The van der Waals surface area contributed by atoms with Crippen LogP contribution >= 0.6 is 11.3 Å². The van der Waals surface area contributed by atoms with Gasteiger partial charge in [-0.2, -0.15) is 4.31 Å². The largest absolute Gasteiger partial charge is 0.299 e. The lowest BCUT2D eigenvalue weighted by molar-refractivity contribution is -0.119. The molecule has 9 heteroatoms. The first-order chi connectivity index (χ1) is 8.91. The molecule has 0 radical (unpaired) electrons. The van der Waals surface area contributed by atoms with E-state index in [1.165, 1.54) is 15.6 Å². The summed E-state index contributed by atoms with van der Waals surface area (Å²) >= 11 is 1.31. The molecule has 0 aromatic carbocycles. The van der Waals surface area contributed by atoms with Crippen LogP contribution < -0.4 is 5.32 Å². The van der Waals surface area contributed by atoms with Crippen molar-refractivity contribution in [3.05, 3.63) is 5.01 Å². The minimum absolute atomic E-state index is 0.332. The first kappa shape index (κ1) is 14.4. The average molecular weight is 304 g/mol. The minimum Gasteiger partial charge on any atom is -0.299 e. The van der Waals surface area contributed by atoms with Crippen LogP contribution in [0.4, 0.5) is 5.13 Å². The van der Waals surface area contributed by atoms with Gasteiger partial charge in [0.05, 0.1) is 6.26 Å². The number of nitrogens with one attached hydrogen (secondary N) is 1. The maximum atomic E-state index is 12.1. The van der Waals surface area contributed by atoms with Gasteiger partial charge in [0.2, 0.25) is 21.1 Å². The van der Waals surface area contributed by atoms with E-state index in [9.17, 15) is 13.2 Å². The van der Waals surface area contributed by atoms with Gasteiger partial charge in [-0.1, -0.05) is 18.3 Å². The number of nitrogens with zero attached hydrogens (tertiary/aromatic N) is 3. The number of carbonyl (C=O) groups is 1. The lowest BCUT2D eigenvalue weighted by atomic mass is 10.2. The number of rotatable bonds is 4. The molecule has 1 aliphatic heterocycles. The molecule has 19 heavy (non-hydrogen) atoms. The van der Waals surface area contributed by atoms with Gasteiger partial charge >= 0.3 is 0 Å². The lowest BCUT2D eigenvalue weighted by Crippen LogP contribution is -2.42. The van der Waals surface area contributed by atoms with Gasteiger partial charge in [0.25, 0.3) is 0 Å². The normalized spacial score (nSPS) is 20.6. The Balaban J connectivity index is 2.07. The summed E-state index contributed by atoms with van der Waals surface area (Å²) in [5.41, 5.74) is 0. The Morgan fingerprint density at radius 3 is 2.84 bits per heavy atom. The van der Waals surface area contributed by atoms with Crippen molar-refractivity contribution in [3.63, 3.8) is 0 Å². The highest BCUT2D eigenvalue weighted by molar-refractivity contribution is 7.88. The van der Waals surface area contributed by atoms with Gasteiger partial charge in [-0.25, -0.2) is 8.42 Å². The highest BCUT2D eigenvalue weighted by Gasteiger charge is 2.36. The van der Waals surface area contributed by atoms with E-state index in [0.717, 1.165) is 17.7 Å². The molecule has 1 aromatic rings. The number of aryl methyl sites for hydroxylation is 1. The van der Waals surface area contributed by atoms with Gasteiger partial charge in [0, 0.05) is 6.54 Å². The van der Waals surface area contributed by atoms with Crippen molar-refractivity contribution >= 4 is 32.4 Å². The standard InChI is InChI=1S/C10H16N4O3S2/c1-3-8-12-13-10(18-8)11-9(15)7-5-4-6-14(7)19(2,16)17/h7H,3-6H2,1-2H3,(H,11,13,15). The van der Waals surface area contributed by atoms with Crippen LogP contribution in [0, 0.1) is 0 Å². The molecule has 1 amide bonds. The zero-order valence-electron chi connectivity index (χ0n) is 10.8. The Labute approximate surface area is 116 Å². The van der Waals surface area contributed by atoms with Gasteiger partial charge in [-0.3, -0.25) is 10.1 Å². The number of amides is 1. The summed E-state index contributed by atoms with van der Waals surface area (Å²) in [7, 11) is -3.35.